The number of hydrogen-bond acceptors (Lipinski definition) is 5. The third-order valence-corrected chi connectivity index (χ3v) is 6.46. The van der Waals surface area contributed by atoms with Crippen molar-refractivity contribution in [1.29, 1.82) is 0 Å². The largest absolute Gasteiger partial charge is 0.393 e. The van der Waals surface area contributed by atoms with Crippen LogP contribution in [0.5, 0.6) is 0 Å². The molecule has 1 fully saturated rings. The van der Waals surface area contributed by atoms with Gasteiger partial charge >= 0.3 is 0 Å². The van der Waals surface area contributed by atoms with Crippen molar-refractivity contribution in [2.45, 2.75) is 58.1 Å². The number of carbonyl (C=O) groups excluding carboxylic acids is 3. The number of hydrogen-bond donors (Lipinski definition) is 3. The number of aliphatic hydroxyl groups excluding tert-OH is 1. The molecule has 2 aromatic heterocycles. The van der Waals surface area contributed by atoms with E-state index in [1.54, 1.807) is 25.5 Å². The lowest BCUT2D eigenvalue weighted by molar-refractivity contribution is -0.119. The summed E-state index contributed by atoms with van der Waals surface area (Å²) in [6, 6.07) is 2.92. The number of anilines is 1. The molecule has 0 radical (unpaired) electrons. The van der Waals surface area contributed by atoms with E-state index in [9.17, 15) is 19.5 Å². The van der Waals surface area contributed by atoms with Gasteiger partial charge in [0.2, 0.25) is 0 Å². The normalized spacial score (nSPS) is 20.7. The van der Waals surface area contributed by atoms with Crippen LogP contribution in [0, 0.1) is 13.8 Å². The van der Waals surface area contributed by atoms with Gasteiger partial charge < -0.3 is 20.3 Å². The Balaban J connectivity index is 1.84. The van der Waals surface area contributed by atoms with Gasteiger partial charge in [0.05, 0.1) is 17.4 Å². The van der Waals surface area contributed by atoms with Crippen molar-refractivity contribution in [3.8, 4) is 0 Å². The maximum Gasteiger partial charge on any atom is 0.294 e. The summed E-state index contributed by atoms with van der Waals surface area (Å²) in [4.78, 5) is 42.6. The Hall–Kier alpha value is -2.42. The minimum absolute atomic E-state index is 0.130. The zero-order chi connectivity index (χ0) is 23.8. The number of ketones is 1. The predicted molar refractivity (Wildman–Crippen MR) is 122 cm³/mol. The summed E-state index contributed by atoms with van der Waals surface area (Å²) < 4.78 is 1.55. The second-order valence-corrected chi connectivity index (χ2v) is 9.30. The number of nitrogens with one attached hydrogen (secondary N) is 2. The summed E-state index contributed by atoms with van der Waals surface area (Å²) in [5, 5.41) is 15.5. The summed E-state index contributed by atoms with van der Waals surface area (Å²) in [5.74, 6) is -1.90. The van der Waals surface area contributed by atoms with Crippen LogP contribution in [0.1, 0.15) is 64.7 Å². The number of halogens is 2. The van der Waals surface area contributed by atoms with Crippen LogP contribution in [0.3, 0.4) is 0 Å². The molecule has 32 heavy (non-hydrogen) atoms. The molecule has 1 saturated carbocycles. The number of amides is 2. The molecule has 2 aromatic rings. The monoisotopic (exact) mass is 480 g/mol. The molecule has 2 amide bonds. The molecular weight excluding hydrogens is 455 g/mol. The van der Waals surface area contributed by atoms with Gasteiger partial charge in [-0.15, -0.1) is 0 Å². The van der Waals surface area contributed by atoms with E-state index >= 15 is 0 Å². The van der Waals surface area contributed by atoms with Crippen LogP contribution in [0.4, 0.5) is 5.69 Å². The smallest absolute Gasteiger partial charge is 0.294 e. The molecule has 0 aromatic carbocycles. The molecule has 0 unspecified atom stereocenters. The van der Waals surface area contributed by atoms with Crippen LogP contribution >= 0.6 is 23.2 Å². The standard InChI is InChI=1S/C22H26Cl2N4O4/c1-11-17(20(31)25-13-9-15(23)26-16(24)10-13)12(2)28(4)18(11)19(30)21(32)27-22(3)7-5-14(29)6-8-22/h9-10,14,29H,5-8H2,1-4H3,(H,27,32)(H,25,26,31)/t14-,22+. The van der Waals surface area contributed by atoms with E-state index in [-0.39, 0.29) is 22.1 Å². The Morgan fingerprint density at radius 3 is 2.28 bits per heavy atom. The van der Waals surface area contributed by atoms with Crippen molar-refractivity contribution < 1.29 is 19.5 Å². The molecule has 10 heteroatoms. The lowest BCUT2D eigenvalue weighted by atomic mass is 9.82. The van der Waals surface area contributed by atoms with Gasteiger partial charge in [-0.1, -0.05) is 23.2 Å². The van der Waals surface area contributed by atoms with E-state index in [1.165, 1.54) is 12.1 Å². The zero-order valence-corrected chi connectivity index (χ0v) is 19.9. The topological polar surface area (TPSA) is 113 Å². The highest BCUT2D eigenvalue weighted by molar-refractivity contribution is 6.43. The molecule has 0 atom stereocenters. The van der Waals surface area contributed by atoms with Gasteiger partial charge in [0.25, 0.3) is 17.6 Å². The number of Topliss-reactive ketones (excluding diaryl/α,β-unsaturated/α-hetero) is 1. The number of aromatic nitrogens is 2. The molecule has 0 saturated heterocycles. The van der Waals surface area contributed by atoms with Crippen LogP contribution < -0.4 is 10.6 Å². The fraction of sp³-hybridized carbons (Fsp3) is 0.455. The minimum Gasteiger partial charge on any atom is -0.393 e. The number of pyridine rings is 1. The van der Waals surface area contributed by atoms with Gasteiger partial charge in [0, 0.05) is 24.0 Å². The maximum atomic E-state index is 13.0. The summed E-state index contributed by atoms with van der Waals surface area (Å²) in [6.45, 7) is 5.21. The summed E-state index contributed by atoms with van der Waals surface area (Å²) in [5.41, 5.74) is 1.18. The highest BCUT2D eigenvalue weighted by Gasteiger charge is 2.35. The van der Waals surface area contributed by atoms with Crippen LogP contribution in [0.25, 0.3) is 0 Å². The Morgan fingerprint density at radius 2 is 1.72 bits per heavy atom. The van der Waals surface area contributed by atoms with E-state index in [0.29, 0.717) is 48.2 Å². The first-order valence-electron chi connectivity index (χ1n) is 10.3. The van der Waals surface area contributed by atoms with Crippen molar-refractivity contribution >= 4 is 46.5 Å². The molecule has 1 aliphatic rings. The Labute approximate surface area is 196 Å². The first-order chi connectivity index (χ1) is 14.9. The lowest BCUT2D eigenvalue weighted by Crippen LogP contribution is -2.51. The molecule has 8 nitrogen and oxygen atoms in total. The van der Waals surface area contributed by atoms with E-state index in [4.69, 9.17) is 23.2 Å². The van der Waals surface area contributed by atoms with Crippen molar-refractivity contribution in [2.24, 2.45) is 7.05 Å². The highest BCUT2D eigenvalue weighted by Crippen LogP contribution is 2.29. The van der Waals surface area contributed by atoms with E-state index in [0.717, 1.165) is 0 Å². The molecule has 1 aliphatic carbocycles. The van der Waals surface area contributed by atoms with Crippen molar-refractivity contribution in [2.75, 3.05) is 5.32 Å². The van der Waals surface area contributed by atoms with E-state index < -0.39 is 23.1 Å². The maximum absolute atomic E-state index is 13.0. The van der Waals surface area contributed by atoms with E-state index in [1.807, 2.05) is 6.92 Å². The van der Waals surface area contributed by atoms with Crippen molar-refractivity contribution in [3.63, 3.8) is 0 Å². The molecule has 0 aliphatic heterocycles. The number of nitrogens with zero attached hydrogens (tertiary/aromatic N) is 2. The zero-order valence-electron chi connectivity index (χ0n) is 18.4. The van der Waals surface area contributed by atoms with Gasteiger partial charge in [-0.05, 0) is 64.2 Å². The Kier molecular flexibility index (Phi) is 6.97. The van der Waals surface area contributed by atoms with Crippen LogP contribution in [-0.4, -0.2) is 43.9 Å². The molecule has 172 valence electrons. The molecular formula is C22H26Cl2N4O4. The quantitative estimate of drug-likeness (QED) is 0.343. The van der Waals surface area contributed by atoms with Gasteiger partial charge in [-0.3, -0.25) is 14.4 Å². The Morgan fingerprint density at radius 1 is 1.16 bits per heavy atom. The molecule has 3 rings (SSSR count). The minimum atomic E-state index is -0.729. The lowest BCUT2D eigenvalue weighted by Gasteiger charge is -2.36. The van der Waals surface area contributed by atoms with Crippen LogP contribution in [-0.2, 0) is 11.8 Å². The predicted octanol–water partition coefficient (Wildman–Crippen LogP) is 3.59. The number of carbonyl (C=O) groups is 3. The van der Waals surface area contributed by atoms with Crippen molar-refractivity contribution in [3.05, 3.63) is 45.0 Å². The van der Waals surface area contributed by atoms with Crippen LogP contribution in [0.15, 0.2) is 12.1 Å². The number of aliphatic hydroxyl groups is 1. The van der Waals surface area contributed by atoms with Gasteiger partial charge in [0.1, 0.15) is 10.3 Å². The molecule has 3 N–H and O–H groups in total. The third kappa shape index (κ3) is 4.98. The molecule has 0 bridgehead atoms. The van der Waals surface area contributed by atoms with Crippen LogP contribution in [0.2, 0.25) is 10.3 Å². The SMILES string of the molecule is Cc1c(C(=O)Nc2cc(Cl)nc(Cl)c2)c(C)n(C)c1C(=O)C(=O)N[C@]1(C)CC[C@H](O)CC1. The van der Waals surface area contributed by atoms with E-state index in [2.05, 4.69) is 15.6 Å². The molecule has 2 heterocycles. The average molecular weight is 481 g/mol. The fourth-order valence-corrected chi connectivity index (χ4v) is 4.63. The highest BCUT2D eigenvalue weighted by atomic mass is 35.5. The summed E-state index contributed by atoms with van der Waals surface area (Å²) >= 11 is 11.8. The summed E-state index contributed by atoms with van der Waals surface area (Å²) in [6.07, 6.45) is 1.94. The third-order valence-electron chi connectivity index (χ3n) is 6.07. The van der Waals surface area contributed by atoms with Crippen molar-refractivity contribution in [1.82, 2.24) is 14.9 Å². The fourth-order valence-electron chi connectivity index (χ4n) is 4.17. The second kappa shape index (κ2) is 9.21. The van der Waals surface area contributed by atoms with Gasteiger partial charge in [-0.2, -0.15) is 0 Å². The van der Waals surface area contributed by atoms with Gasteiger partial charge in [0.15, 0.2) is 0 Å². The van der Waals surface area contributed by atoms with Gasteiger partial charge in [-0.25, -0.2) is 4.98 Å². The first kappa shape index (κ1) is 24.2. The Bertz CT molecular complexity index is 1070. The number of rotatable bonds is 5. The first-order valence-corrected chi connectivity index (χ1v) is 11.0. The summed E-state index contributed by atoms with van der Waals surface area (Å²) in [7, 11) is 1.64. The molecule has 0 spiro atoms. The average Bonchev–Trinajstić information content (AvgIpc) is 2.91. The second-order valence-electron chi connectivity index (χ2n) is 8.52.